The van der Waals surface area contributed by atoms with Crippen molar-refractivity contribution < 1.29 is 13.5 Å². The number of sulfonamides is 1. The lowest BCUT2D eigenvalue weighted by atomic mass is 10.3. The highest BCUT2D eigenvalue weighted by Crippen LogP contribution is 2.44. The highest BCUT2D eigenvalue weighted by atomic mass is 35.5. The first-order valence-electron chi connectivity index (χ1n) is 5.69. The largest absolute Gasteiger partial charge is 0.505 e. The van der Waals surface area contributed by atoms with Crippen LogP contribution in [0.1, 0.15) is 0 Å². The predicted molar refractivity (Wildman–Crippen MR) is 100 cm³/mol. The summed E-state index contributed by atoms with van der Waals surface area (Å²) in [6.07, 6.45) is 0. The van der Waals surface area contributed by atoms with Crippen LogP contribution in [0, 0.1) is 0 Å². The molecule has 130 valence electrons. The number of phenols is 1. The number of hydrogen-bond acceptors (Lipinski definition) is 3. The molecule has 2 aromatic rings. The first-order valence-corrected chi connectivity index (χ1v) is 9.82. The van der Waals surface area contributed by atoms with E-state index in [0.717, 1.165) is 12.1 Å². The van der Waals surface area contributed by atoms with Gasteiger partial charge in [0.1, 0.15) is 0 Å². The number of hydrogen-bond donors (Lipinski definition) is 2. The van der Waals surface area contributed by atoms with Gasteiger partial charge in [-0.15, -0.1) is 0 Å². The van der Waals surface area contributed by atoms with E-state index in [4.69, 9.17) is 81.2 Å². The lowest BCUT2D eigenvalue weighted by Gasteiger charge is -2.15. The van der Waals surface area contributed by atoms with Crippen LogP contribution in [0.25, 0.3) is 0 Å². The van der Waals surface area contributed by atoms with Crippen LogP contribution in [0.4, 0.5) is 5.69 Å². The number of aromatic hydroxyl groups is 1. The zero-order chi connectivity index (χ0) is 18.4. The maximum Gasteiger partial charge on any atom is 0.267 e. The molecule has 0 radical (unpaired) electrons. The molecule has 4 nitrogen and oxygen atoms in total. The predicted octanol–water partition coefficient (Wildman–Crippen LogP) is 6.77. The maximum atomic E-state index is 12.6. The van der Waals surface area contributed by atoms with Crippen molar-refractivity contribution in [1.29, 1.82) is 0 Å². The fraction of sp³-hybridized carbons (Fsp3) is 0. The second-order valence-electron chi connectivity index (χ2n) is 4.29. The summed E-state index contributed by atoms with van der Waals surface area (Å²) in [5, 5.41) is 8.62. The van der Waals surface area contributed by atoms with Crippen LogP contribution in [0.3, 0.4) is 0 Å². The Kier molecular flexibility index (Phi) is 6.21. The van der Waals surface area contributed by atoms with Crippen molar-refractivity contribution in [3.8, 4) is 5.75 Å². The first kappa shape index (κ1) is 20.3. The van der Waals surface area contributed by atoms with Crippen molar-refractivity contribution in [3.63, 3.8) is 0 Å². The Morgan fingerprint density at radius 3 is 1.88 bits per heavy atom. The van der Waals surface area contributed by atoms with E-state index in [9.17, 15) is 13.5 Å². The molecule has 2 rings (SSSR count). The Morgan fingerprint density at radius 2 is 1.29 bits per heavy atom. The molecule has 0 amide bonds. The lowest BCUT2D eigenvalue weighted by molar-refractivity contribution is 0.459. The number of benzene rings is 2. The van der Waals surface area contributed by atoms with E-state index in [1.807, 2.05) is 0 Å². The normalized spacial score (nSPS) is 11.6. The van der Waals surface area contributed by atoms with E-state index in [1.165, 1.54) is 0 Å². The van der Waals surface area contributed by atoms with Crippen molar-refractivity contribution in [3.05, 3.63) is 47.3 Å². The van der Waals surface area contributed by atoms with E-state index in [1.54, 1.807) is 0 Å². The minimum absolute atomic E-state index is 0.0387. The summed E-state index contributed by atoms with van der Waals surface area (Å²) < 4.78 is 27.2. The molecule has 24 heavy (non-hydrogen) atoms. The summed E-state index contributed by atoms with van der Waals surface area (Å²) in [7, 11) is -4.43. The van der Waals surface area contributed by atoms with Crippen molar-refractivity contribution >= 4 is 96.9 Å². The van der Waals surface area contributed by atoms with E-state index < -0.39 is 25.7 Å². The topological polar surface area (TPSA) is 66.4 Å². The van der Waals surface area contributed by atoms with Crippen LogP contribution in [0.2, 0.25) is 35.2 Å². The van der Waals surface area contributed by atoms with Gasteiger partial charge in [-0.05, 0) is 12.1 Å². The Bertz CT molecular complexity index is 920. The first-order chi connectivity index (χ1) is 11.0. The van der Waals surface area contributed by atoms with Gasteiger partial charge < -0.3 is 5.11 Å². The van der Waals surface area contributed by atoms with E-state index in [-0.39, 0.29) is 35.8 Å². The number of rotatable bonds is 3. The van der Waals surface area contributed by atoms with Crippen LogP contribution >= 0.6 is 81.2 Å². The molecule has 0 fully saturated rings. The highest BCUT2D eigenvalue weighted by molar-refractivity contribution is 7.93. The van der Waals surface area contributed by atoms with Gasteiger partial charge in [-0.2, -0.15) is 0 Å². The summed E-state index contributed by atoms with van der Waals surface area (Å²) >= 11 is 40.9. The Labute approximate surface area is 172 Å². The molecule has 0 aliphatic carbocycles. The van der Waals surface area contributed by atoms with Gasteiger partial charge in [-0.3, -0.25) is 4.72 Å². The molecule has 0 saturated heterocycles. The minimum Gasteiger partial charge on any atom is -0.505 e. The molecule has 0 saturated carbocycles. The molecule has 0 bridgehead atoms. The third-order valence-corrected chi connectivity index (χ3v) is 7.08. The molecule has 2 N–H and O–H groups in total. The molecule has 0 aromatic heterocycles. The third-order valence-electron chi connectivity index (χ3n) is 2.72. The SMILES string of the molecule is O=S(=O)(Nc1cc(Cl)c(Cl)c(Cl)c1Cl)c1c(O)c(Cl)cc(Cl)c1Cl. The summed E-state index contributed by atoms with van der Waals surface area (Å²) in [5.74, 6) is -0.777. The standard InChI is InChI=1S/C12H4Cl7NO3S/c13-3-1-5(15)11(21)12(8(3)17)24(22,23)20-6-2-4(14)7(16)10(19)9(6)18/h1-2,20-21H. The second-order valence-corrected chi connectivity index (χ2v) is 8.64. The highest BCUT2D eigenvalue weighted by Gasteiger charge is 2.28. The van der Waals surface area contributed by atoms with Crippen LogP contribution < -0.4 is 4.72 Å². The van der Waals surface area contributed by atoms with Crippen LogP contribution in [-0.2, 0) is 10.0 Å². The van der Waals surface area contributed by atoms with Gasteiger partial charge in [-0.25, -0.2) is 8.42 Å². The van der Waals surface area contributed by atoms with Gasteiger partial charge in [-0.1, -0.05) is 81.2 Å². The van der Waals surface area contributed by atoms with Crippen molar-refractivity contribution in [1.82, 2.24) is 0 Å². The number of halogens is 7. The molecule has 0 spiro atoms. The number of anilines is 1. The van der Waals surface area contributed by atoms with E-state index in [0.29, 0.717) is 0 Å². The molecule has 2 aromatic carbocycles. The average molecular weight is 490 g/mol. The van der Waals surface area contributed by atoms with Crippen molar-refractivity contribution in [2.24, 2.45) is 0 Å². The van der Waals surface area contributed by atoms with E-state index in [2.05, 4.69) is 4.72 Å². The zero-order valence-corrected chi connectivity index (χ0v) is 17.1. The Balaban J connectivity index is 2.64. The van der Waals surface area contributed by atoms with Crippen molar-refractivity contribution in [2.45, 2.75) is 4.90 Å². The molecular formula is C12H4Cl7NO3S. The van der Waals surface area contributed by atoms with Crippen LogP contribution in [-0.4, -0.2) is 13.5 Å². The van der Waals surface area contributed by atoms with Crippen LogP contribution in [0.5, 0.6) is 5.75 Å². The molecule has 0 unspecified atom stereocenters. The molecule has 0 aliphatic rings. The smallest absolute Gasteiger partial charge is 0.267 e. The molecule has 0 heterocycles. The summed E-state index contributed by atoms with van der Waals surface area (Å²) in [6.45, 7) is 0. The molecule has 0 aliphatic heterocycles. The van der Waals surface area contributed by atoms with Crippen molar-refractivity contribution in [2.75, 3.05) is 4.72 Å². The number of nitrogens with one attached hydrogen (secondary N) is 1. The minimum atomic E-state index is -4.43. The Morgan fingerprint density at radius 1 is 0.750 bits per heavy atom. The average Bonchev–Trinajstić information content (AvgIpc) is 2.48. The second kappa shape index (κ2) is 7.33. The van der Waals surface area contributed by atoms with Gasteiger partial charge in [0.05, 0.1) is 40.8 Å². The fourth-order valence-electron chi connectivity index (χ4n) is 1.65. The monoisotopic (exact) mass is 487 g/mol. The summed E-state index contributed by atoms with van der Waals surface area (Å²) in [4.78, 5) is -0.722. The van der Waals surface area contributed by atoms with Crippen LogP contribution in [0.15, 0.2) is 17.0 Å². The van der Waals surface area contributed by atoms with E-state index >= 15 is 0 Å². The van der Waals surface area contributed by atoms with Gasteiger partial charge in [0, 0.05) is 0 Å². The van der Waals surface area contributed by atoms with Gasteiger partial charge in [0.15, 0.2) is 10.6 Å². The fourth-order valence-corrected chi connectivity index (χ4v) is 4.84. The summed E-state index contributed by atoms with van der Waals surface area (Å²) in [6, 6.07) is 2.25. The molecule has 0 atom stereocenters. The zero-order valence-electron chi connectivity index (χ0n) is 11.0. The lowest BCUT2D eigenvalue weighted by Crippen LogP contribution is -2.14. The number of phenolic OH excluding ortho intramolecular Hbond substituents is 1. The Hall–Kier alpha value is 0.0200. The summed E-state index contributed by atoms with van der Waals surface area (Å²) in [5.41, 5.74) is -0.178. The molecule has 12 heteroatoms. The van der Waals surface area contributed by atoms with Gasteiger partial charge in [0.2, 0.25) is 0 Å². The van der Waals surface area contributed by atoms with Gasteiger partial charge in [0.25, 0.3) is 10.0 Å². The molecular weight excluding hydrogens is 486 g/mol. The van der Waals surface area contributed by atoms with Gasteiger partial charge >= 0.3 is 0 Å². The maximum absolute atomic E-state index is 12.6. The quantitative estimate of drug-likeness (QED) is 0.369. The third kappa shape index (κ3) is 3.74.